The fourth-order valence-electron chi connectivity index (χ4n) is 1.95. The average Bonchev–Trinajstić information content (AvgIpc) is 2.66. The summed E-state index contributed by atoms with van der Waals surface area (Å²) in [6, 6.07) is 3.95. The number of halogens is 1. The molecule has 2 heterocycles. The van der Waals surface area contributed by atoms with Crippen molar-refractivity contribution in [3.05, 3.63) is 23.9 Å². The lowest BCUT2D eigenvalue weighted by molar-refractivity contribution is 0.364. The third-order valence-electron chi connectivity index (χ3n) is 2.67. The minimum absolute atomic E-state index is 0.480. The lowest BCUT2D eigenvalue weighted by Gasteiger charge is -2.19. The number of hydrogen-bond donors (Lipinski definition) is 1. The number of anilines is 1. The van der Waals surface area contributed by atoms with E-state index in [2.05, 4.69) is 10.3 Å². The summed E-state index contributed by atoms with van der Waals surface area (Å²) >= 11 is 0. The lowest BCUT2D eigenvalue weighted by Crippen LogP contribution is -2.23. The molecule has 0 bridgehead atoms. The second-order valence-electron chi connectivity index (χ2n) is 3.85. The third-order valence-corrected chi connectivity index (χ3v) is 2.67. The van der Waals surface area contributed by atoms with E-state index in [9.17, 15) is 4.39 Å². The van der Waals surface area contributed by atoms with Crippen LogP contribution in [0.3, 0.4) is 0 Å². The highest BCUT2D eigenvalue weighted by molar-refractivity contribution is 5.47. The van der Waals surface area contributed by atoms with Crippen molar-refractivity contribution in [2.45, 2.75) is 19.1 Å². The molecule has 1 fully saturated rings. The van der Waals surface area contributed by atoms with Crippen molar-refractivity contribution in [1.29, 1.82) is 0 Å². The largest absolute Gasteiger partial charge is 0.353 e. The summed E-state index contributed by atoms with van der Waals surface area (Å²) in [5.74, 6) is 0.923. The van der Waals surface area contributed by atoms with Gasteiger partial charge in [-0.15, -0.1) is 0 Å². The number of alkyl halides is 1. The second kappa shape index (κ2) is 4.57. The molecule has 1 aromatic heterocycles. The highest BCUT2D eigenvalue weighted by atomic mass is 19.1. The Labute approximate surface area is 89.3 Å². The van der Waals surface area contributed by atoms with Crippen molar-refractivity contribution >= 4 is 5.82 Å². The Morgan fingerprint density at radius 2 is 2.53 bits per heavy atom. The van der Waals surface area contributed by atoms with E-state index in [1.54, 1.807) is 6.20 Å². The van der Waals surface area contributed by atoms with Crippen LogP contribution in [-0.4, -0.2) is 31.3 Å². The molecule has 15 heavy (non-hydrogen) atoms. The van der Waals surface area contributed by atoms with Crippen LogP contribution in [0.1, 0.15) is 12.0 Å². The van der Waals surface area contributed by atoms with Gasteiger partial charge in [0.25, 0.3) is 0 Å². The molecule has 1 unspecified atom stereocenters. The minimum atomic E-state index is -0.700. The highest BCUT2D eigenvalue weighted by Gasteiger charge is 2.24. The summed E-state index contributed by atoms with van der Waals surface area (Å²) in [6.07, 6.45) is 1.68. The fraction of sp³-hybridized carbons (Fsp3) is 0.545. The van der Waals surface area contributed by atoms with Gasteiger partial charge in [0.2, 0.25) is 0 Å². The maximum absolute atomic E-state index is 13.1. The van der Waals surface area contributed by atoms with Crippen molar-refractivity contribution in [2.24, 2.45) is 0 Å². The van der Waals surface area contributed by atoms with E-state index >= 15 is 0 Å². The standard InChI is InChI=1S/C11H16FN3/c1-13-7-9-3-2-5-14-11(9)15-6-4-10(12)8-15/h2-3,5,10,13H,4,6-8H2,1H3. The van der Waals surface area contributed by atoms with Crippen LogP contribution in [0, 0.1) is 0 Å². The minimum Gasteiger partial charge on any atom is -0.353 e. The molecule has 0 aliphatic carbocycles. The molecule has 1 aliphatic rings. The van der Waals surface area contributed by atoms with Crippen LogP contribution < -0.4 is 10.2 Å². The normalized spacial score (nSPS) is 20.9. The average molecular weight is 209 g/mol. The highest BCUT2D eigenvalue weighted by Crippen LogP contribution is 2.23. The molecule has 0 spiro atoms. The number of pyridine rings is 1. The van der Waals surface area contributed by atoms with Gasteiger partial charge in [0, 0.05) is 24.8 Å². The SMILES string of the molecule is CNCc1cccnc1N1CCC(F)C1. The first kappa shape index (κ1) is 10.4. The van der Waals surface area contributed by atoms with Crippen molar-refractivity contribution in [3.8, 4) is 0 Å². The van der Waals surface area contributed by atoms with E-state index < -0.39 is 6.17 Å². The Bertz CT molecular complexity index is 329. The molecule has 1 aromatic rings. The van der Waals surface area contributed by atoms with E-state index in [1.807, 2.05) is 24.1 Å². The van der Waals surface area contributed by atoms with E-state index in [4.69, 9.17) is 0 Å². The summed E-state index contributed by atoms with van der Waals surface area (Å²) in [5.41, 5.74) is 1.13. The quantitative estimate of drug-likeness (QED) is 0.814. The molecule has 1 N–H and O–H groups in total. The van der Waals surface area contributed by atoms with Crippen molar-refractivity contribution in [1.82, 2.24) is 10.3 Å². The first-order valence-corrected chi connectivity index (χ1v) is 5.29. The molecular weight excluding hydrogens is 193 g/mol. The molecule has 0 amide bonds. The monoisotopic (exact) mass is 209 g/mol. The van der Waals surface area contributed by atoms with Crippen LogP contribution in [0.4, 0.5) is 10.2 Å². The smallest absolute Gasteiger partial charge is 0.133 e. The summed E-state index contributed by atoms with van der Waals surface area (Å²) in [7, 11) is 1.90. The number of rotatable bonds is 3. The number of nitrogens with one attached hydrogen (secondary N) is 1. The Morgan fingerprint density at radius 3 is 3.20 bits per heavy atom. The molecule has 0 saturated carbocycles. The molecule has 4 heteroatoms. The molecule has 0 aromatic carbocycles. The molecule has 1 aliphatic heterocycles. The fourth-order valence-corrected chi connectivity index (χ4v) is 1.95. The molecule has 0 radical (unpaired) electrons. The predicted octanol–water partition coefficient (Wildman–Crippen LogP) is 1.35. The Hall–Kier alpha value is -1.16. The Balaban J connectivity index is 2.19. The number of hydrogen-bond acceptors (Lipinski definition) is 3. The van der Waals surface area contributed by atoms with Gasteiger partial charge < -0.3 is 10.2 Å². The van der Waals surface area contributed by atoms with Crippen LogP contribution in [0.2, 0.25) is 0 Å². The van der Waals surface area contributed by atoms with E-state index in [0.29, 0.717) is 13.0 Å². The van der Waals surface area contributed by atoms with Crippen LogP contribution in [0.5, 0.6) is 0 Å². The van der Waals surface area contributed by atoms with Crippen LogP contribution in [-0.2, 0) is 6.54 Å². The maximum Gasteiger partial charge on any atom is 0.133 e. The second-order valence-corrected chi connectivity index (χ2v) is 3.85. The van der Waals surface area contributed by atoms with Crippen molar-refractivity contribution < 1.29 is 4.39 Å². The van der Waals surface area contributed by atoms with Crippen molar-refractivity contribution in [3.63, 3.8) is 0 Å². The zero-order chi connectivity index (χ0) is 10.7. The topological polar surface area (TPSA) is 28.2 Å². The first-order valence-electron chi connectivity index (χ1n) is 5.29. The predicted molar refractivity (Wildman–Crippen MR) is 58.7 cm³/mol. The summed E-state index contributed by atoms with van der Waals surface area (Å²) < 4.78 is 13.1. The van der Waals surface area contributed by atoms with Gasteiger partial charge in [0.1, 0.15) is 12.0 Å². The van der Waals surface area contributed by atoms with E-state index in [0.717, 1.165) is 24.5 Å². The van der Waals surface area contributed by atoms with E-state index in [1.165, 1.54) is 0 Å². The third kappa shape index (κ3) is 2.26. The van der Waals surface area contributed by atoms with Gasteiger partial charge in [0.15, 0.2) is 0 Å². The van der Waals surface area contributed by atoms with Gasteiger partial charge >= 0.3 is 0 Å². The zero-order valence-electron chi connectivity index (χ0n) is 8.91. The van der Waals surface area contributed by atoms with Gasteiger partial charge in [-0.2, -0.15) is 0 Å². The van der Waals surface area contributed by atoms with Crippen molar-refractivity contribution in [2.75, 3.05) is 25.0 Å². The molecule has 82 valence electrons. The Kier molecular flexibility index (Phi) is 3.16. The van der Waals surface area contributed by atoms with Gasteiger partial charge in [-0.25, -0.2) is 9.37 Å². The molecular formula is C11H16FN3. The zero-order valence-corrected chi connectivity index (χ0v) is 8.91. The van der Waals surface area contributed by atoms with E-state index in [-0.39, 0.29) is 0 Å². The summed E-state index contributed by atoms with van der Waals surface area (Å²) in [4.78, 5) is 6.36. The maximum atomic E-state index is 13.1. The van der Waals surface area contributed by atoms with Gasteiger partial charge in [0.05, 0.1) is 6.54 Å². The van der Waals surface area contributed by atoms with Crippen LogP contribution >= 0.6 is 0 Å². The lowest BCUT2D eigenvalue weighted by atomic mass is 10.2. The number of nitrogens with zero attached hydrogens (tertiary/aromatic N) is 2. The van der Waals surface area contributed by atoms with Crippen LogP contribution in [0.25, 0.3) is 0 Å². The Morgan fingerprint density at radius 1 is 1.67 bits per heavy atom. The van der Waals surface area contributed by atoms with Crippen LogP contribution in [0.15, 0.2) is 18.3 Å². The summed E-state index contributed by atoms with van der Waals surface area (Å²) in [5, 5.41) is 3.10. The van der Waals surface area contributed by atoms with Gasteiger partial charge in [-0.05, 0) is 19.5 Å². The molecule has 2 rings (SSSR count). The first-order chi connectivity index (χ1) is 7.31. The molecule has 3 nitrogen and oxygen atoms in total. The molecule has 1 atom stereocenters. The van der Waals surface area contributed by atoms with Gasteiger partial charge in [-0.1, -0.05) is 6.07 Å². The summed E-state index contributed by atoms with van der Waals surface area (Å²) in [6.45, 7) is 2.03. The molecule has 1 saturated heterocycles. The number of aromatic nitrogens is 1. The van der Waals surface area contributed by atoms with Gasteiger partial charge in [-0.3, -0.25) is 0 Å².